The molecular formula is C24H45N2Si+. The third-order valence-electron chi connectivity index (χ3n) is 5.36. The van der Waals surface area contributed by atoms with Crippen LogP contribution in [0.3, 0.4) is 0 Å². The van der Waals surface area contributed by atoms with Crippen LogP contribution in [0.15, 0.2) is 12.4 Å². The van der Waals surface area contributed by atoms with E-state index in [2.05, 4.69) is 66.9 Å². The molecule has 1 rings (SSSR count). The van der Waals surface area contributed by atoms with Gasteiger partial charge >= 0.3 is 0 Å². The fourth-order valence-electron chi connectivity index (χ4n) is 3.46. The lowest BCUT2D eigenvalue weighted by atomic mass is 10.1. The summed E-state index contributed by atoms with van der Waals surface area (Å²) in [6, 6.07) is 1.50. The topological polar surface area (TPSA) is 8.81 Å². The van der Waals surface area contributed by atoms with Gasteiger partial charge in [-0.1, -0.05) is 89.4 Å². The summed E-state index contributed by atoms with van der Waals surface area (Å²) < 4.78 is 4.68. The van der Waals surface area contributed by atoms with Gasteiger partial charge in [-0.3, -0.25) is 0 Å². The van der Waals surface area contributed by atoms with E-state index in [-0.39, 0.29) is 0 Å². The molecule has 0 aliphatic rings. The first-order valence-corrected chi connectivity index (χ1v) is 15.2. The summed E-state index contributed by atoms with van der Waals surface area (Å²) in [5.74, 6) is 7.98. The van der Waals surface area contributed by atoms with Crippen molar-refractivity contribution in [2.24, 2.45) is 0 Å². The molecule has 3 heteroatoms. The highest BCUT2D eigenvalue weighted by molar-refractivity contribution is 6.76. The number of rotatable bonds is 14. The van der Waals surface area contributed by atoms with Crippen molar-refractivity contribution in [2.45, 2.75) is 123 Å². The van der Waals surface area contributed by atoms with Gasteiger partial charge in [-0.25, -0.2) is 9.13 Å². The molecule has 0 spiro atoms. The van der Waals surface area contributed by atoms with Crippen molar-refractivity contribution in [3.05, 3.63) is 18.2 Å². The van der Waals surface area contributed by atoms with E-state index in [1.807, 2.05) is 0 Å². The maximum absolute atomic E-state index is 3.33. The van der Waals surface area contributed by atoms with Crippen LogP contribution in [0.1, 0.15) is 83.4 Å². The Balaban J connectivity index is 2.11. The van der Waals surface area contributed by atoms with Gasteiger partial charge in [0.15, 0.2) is 6.54 Å². The van der Waals surface area contributed by atoms with Gasteiger partial charge in [0.05, 0.1) is 6.54 Å². The summed E-state index contributed by atoms with van der Waals surface area (Å²) in [5, 5.41) is 0. The van der Waals surface area contributed by atoms with Crippen molar-refractivity contribution in [1.29, 1.82) is 0 Å². The minimum Gasteiger partial charge on any atom is -0.234 e. The molecule has 2 nitrogen and oxygen atoms in total. The summed E-state index contributed by atoms with van der Waals surface area (Å²) in [6.07, 6.45) is 19.1. The van der Waals surface area contributed by atoms with Gasteiger partial charge in [-0.15, -0.1) is 0 Å². The molecule has 0 aromatic carbocycles. The van der Waals surface area contributed by atoms with Crippen LogP contribution in [0.25, 0.3) is 0 Å². The average Bonchev–Trinajstić information content (AvgIpc) is 2.96. The first-order chi connectivity index (χ1) is 12.9. The van der Waals surface area contributed by atoms with Crippen LogP contribution >= 0.6 is 0 Å². The summed E-state index contributed by atoms with van der Waals surface area (Å²) >= 11 is 0. The highest BCUT2D eigenvalue weighted by atomic mass is 28.3. The SMILES string of the molecule is CCCCCC#CCn1cc[n+](CCCCCCCCC[Si](C)(C)C)c1C. The first kappa shape index (κ1) is 24.0. The maximum atomic E-state index is 3.33. The zero-order valence-corrected chi connectivity index (χ0v) is 19.9. The zero-order valence-electron chi connectivity index (χ0n) is 18.9. The lowest BCUT2D eigenvalue weighted by molar-refractivity contribution is -0.702. The van der Waals surface area contributed by atoms with Crippen LogP contribution in [0.4, 0.5) is 0 Å². The third-order valence-corrected chi connectivity index (χ3v) is 7.22. The van der Waals surface area contributed by atoms with Gasteiger partial charge in [0.25, 0.3) is 5.82 Å². The Kier molecular flexibility index (Phi) is 12.5. The number of hydrogen-bond acceptors (Lipinski definition) is 0. The van der Waals surface area contributed by atoms with E-state index >= 15 is 0 Å². The standard InChI is InChI=1S/C24H45N2Si/c1-6-7-8-9-13-16-19-25-21-22-26(24(25)2)20-17-14-11-10-12-15-18-23-27(3,4)5/h21-22H,6-12,14-15,17-20,23H2,1-5H3/q+1. The molecule has 0 N–H and O–H groups in total. The molecule has 154 valence electrons. The van der Waals surface area contributed by atoms with Crippen molar-refractivity contribution in [3.8, 4) is 11.8 Å². The van der Waals surface area contributed by atoms with Crippen LogP contribution < -0.4 is 4.57 Å². The molecule has 1 aromatic rings. The Morgan fingerprint density at radius 2 is 1.56 bits per heavy atom. The second-order valence-corrected chi connectivity index (χ2v) is 14.9. The second kappa shape index (κ2) is 14.1. The average molecular weight is 390 g/mol. The van der Waals surface area contributed by atoms with Gasteiger partial charge in [0.2, 0.25) is 0 Å². The zero-order chi connectivity index (χ0) is 20.0. The first-order valence-electron chi connectivity index (χ1n) is 11.4. The Hall–Kier alpha value is -1.01. The van der Waals surface area contributed by atoms with Crippen molar-refractivity contribution in [3.63, 3.8) is 0 Å². The number of aromatic nitrogens is 2. The van der Waals surface area contributed by atoms with Crippen molar-refractivity contribution in [2.75, 3.05) is 0 Å². The predicted molar refractivity (Wildman–Crippen MR) is 122 cm³/mol. The second-order valence-electron chi connectivity index (χ2n) is 9.26. The molecule has 1 heterocycles. The fraction of sp³-hybridized carbons (Fsp3) is 0.792. The highest BCUT2D eigenvalue weighted by Crippen LogP contribution is 2.15. The molecule has 1 aromatic heterocycles. The summed E-state index contributed by atoms with van der Waals surface area (Å²) in [6.45, 7) is 13.9. The number of unbranched alkanes of at least 4 members (excludes halogenated alkanes) is 9. The summed E-state index contributed by atoms with van der Waals surface area (Å²) in [7, 11) is -0.809. The Bertz CT molecular complexity index is 557. The quantitative estimate of drug-likeness (QED) is 0.144. The lowest BCUT2D eigenvalue weighted by Crippen LogP contribution is -2.35. The predicted octanol–water partition coefficient (Wildman–Crippen LogP) is 6.74. The number of nitrogens with zero attached hydrogens (tertiary/aromatic N) is 2. The Morgan fingerprint density at radius 1 is 0.889 bits per heavy atom. The monoisotopic (exact) mass is 389 g/mol. The molecular weight excluding hydrogens is 344 g/mol. The van der Waals surface area contributed by atoms with Gasteiger partial charge in [-0.2, -0.15) is 0 Å². The minimum atomic E-state index is -0.809. The van der Waals surface area contributed by atoms with Crippen molar-refractivity contribution in [1.82, 2.24) is 4.57 Å². The molecule has 0 radical (unpaired) electrons. The molecule has 27 heavy (non-hydrogen) atoms. The van der Waals surface area contributed by atoms with E-state index in [0.29, 0.717) is 0 Å². The van der Waals surface area contributed by atoms with Crippen LogP contribution in [0.5, 0.6) is 0 Å². The lowest BCUT2D eigenvalue weighted by Gasteiger charge is -2.14. The smallest absolute Gasteiger partial charge is 0.234 e. The number of hydrogen-bond donors (Lipinski definition) is 0. The minimum absolute atomic E-state index is 0.809. The van der Waals surface area contributed by atoms with E-state index in [9.17, 15) is 0 Å². The van der Waals surface area contributed by atoms with Gasteiger partial charge in [0, 0.05) is 21.4 Å². The third kappa shape index (κ3) is 12.1. The number of imidazole rings is 1. The van der Waals surface area contributed by atoms with Gasteiger partial charge in [0.1, 0.15) is 12.4 Å². The molecule has 0 aliphatic heterocycles. The van der Waals surface area contributed by atoms with Gasteiger partial charge < -0.3 is 0 Å². The molecule has 0 saturated carbocycles. The van der Waals surface area contributed by atoms with E-state index in [0.717, 1.165) is 19.5 Å². The van der Waals surface area contributed by atoms with Crippen LogP contribution in [-0.4, -0.2) is 12.6 Å². The summed E-state index contributed by atoms with van der Waals surface area (Å²) in [5.41, 5.74) is 0. The fourth-order valence-corrected chi connectivity index (χ4v) is 4.77. The molecule has 0 bridgehead atoms. The Labute approximate surface area is 170 Å². The highest BCUT2D eigenvalue weighted by Gasteiger charge is 2.12. The number of aryl methyl sites for hydroxylation is 1. The van der Waals surface area contributed by atoms with Crippen molar-refractivity contribution < 1.29 is 4.57 Å². The van der Waals surface area contributed by atoms with E-state index in [1.165, 1.54) is 76.1 Å². The van der Waals surface area contributed by atoms with Gasteiger partial charge in [-0.05, 0) is 19.3 Å². The largest absolute Gasteiger partial charge is 0.254 e. The molecule has 0 fully saturated rings. The molecule has 0 unspecified atom stereocenters. The van der Waals surface area contributed by atoms with E-state index < -0.39 is 8.07 Å². The van der Waals surface area contributed by atoms with E-state index in [4.69, 9.17) is 0 Å². The molecule has 0 aliphatic carbocycles. The molecule has 0 saturated heterocycles. The van der Waals surface area contributed by atoms with E-state index in [1.54, 1.807) is 0 Å². The Morgan fingerprint density at radius 3 is 2.22 bits per heavy atom. The van der Waals surface area contributed by atoms with Crippen molar-refractivity contribution >= 4 is 8.07 Å². The van der Waals surface area contributed by atoms with Crippen LogP contribution in [0, 0.1) is 18.8 Å². The normalized spacial score (nSPS) is 11.4. The van der Waals surface area contributed by atoms with Crippen LogP contribution in [0.2, 0.25) is 25.7 Å². The molecule has 0 atom stereocenters. The summed E-state index contributed by atoms with van der Waals surface area (Å²) in [4.78, 5) is 0. The maximum Gasteiger partial charge on any atom is 0.254 e. The van der Waals surface area contributed by atoms with Crippen LogP contribution in [-0.2, 0) is 13.1 Å². The molecule has 0 amide bonds.